The molecule has 1 unspecified atom stereocenters. The van der Waals surface area contributed by atoms with Crippen molar-refractivity contribution >= 4 is 5.97 Å². The third-order valence-electron chi connectivity index (χ3n) is 2.67. The van der Waals surface area contributed by atoms with Gasteiger partial charge in [-0.1, -0.05) is 6.92 Å². The van der Waals surface area contributed by atoms with Gasteiger partial charge >= 0.3 is 5.97 Å². The van der Waals surface area contributed by atoms with Gasteiger partial charge < -0.3 is 14.8 Å². The van der Waals surface area contributed by atoms with Gasteiger partial charge in [0.1, 0.15) is 6.04 Å². The zero-order chi connectivity index (χ0) is 11.8. The lowest BCUT2D eigenvalue weighted by Crippen LogP contribution is -2.39. The van der Waals surface area contributed by atoms with Gasteiger partial charge in [-0.2, -0.15) is 0 Å². The molecule has 1 aliphatic rings. The Hall–Kier alpha value is -0.610. The van der Waals surface area contributed by atoms with Gasteiger partial charge in [0.15, 0.2) is 0 Å². The van der Waals surface area contributed by atoms with E-state index in [1.54, 1.807) is 0 Å². The molecule has 0 aromatic heterocycles. The van der Waals surface area contributed by atoms with Crippen LogP contribution < -0.4 is 5.32 Å². The second-order valence-electron chi connectivity index (χ2n) is 4.19. The summed E-state index contributed by atoms with van der Waals surface area (Å²) in [6.07, 6.45) is 3.38. The number of carbonyl (C=O) groups is 1. The van der Waals surface area contributed by atoms with Gasteiger partial charge in [0.2, 0.25) is 0 Å². The van der Waals surface area contributed by atoms with E-state index in [9.17, 15) is 4.79 Å². The molecule has 1 saturated carbocycles. The van der Waals surface area contributed by atoms with Crippen LogP contribution >= 0.6 is 0 Å². The predicted octanol–water partition coefficient (Wildman–Crippen LogP) is 1.34. The van der Waals surface area contributed by atoms with Gasteiger partial charge in [0, 0.05) is 13.2 Å². The first-order valence-corrected chi connectivity index (χ1v) is 6.25. The van der Waals surface area contributed by atoms with Gasteiger partial charge in [-0.05, 0) is 32.1 Å². The highest BCUT2D eigenvalue weighted by Gasteiger charge is 2.21. The molecule has 0 aliphatic heterocycles. The molecule has 4 nitrogen and oxygen atoms in total. The number of hydrogen-bond donors (Lipinski definition) is 1. The highest BCUT2D eigenvalue weighted by atomic mass is 16.5. The lowest BCUT2D eigenvalue weighted by Gasteiger charge is -2.15. The molecule has 0 amide bonds. The molecule has 16 heavy (non-hydrogen) atoms. The van der Waals surface area contributed by atoms with Crippen LogP contribution in [-0.2, 0) is 14.3 Å². The van der Waals surface area contributed by atoms with Crippen LogP contribution in [0.15, 0.2) is 0 Å². The number of hydrogen-bond acceptors (Lipinski definition) is 4. The third-order valence-corrected chi connectivity index (χ3v) is 2.67. The Morgan fingerprint density at radius 2 is 2.19 bits per heavy atom. The molecule has 0 heterocycles. The molecule has 1 N–H and O–H groups in total. The van der Waals surface area contributed by atoms with Crippen molar-refractivity contribution in [3.8, 4) is 0 Å². The van der Waals surface area contributed by atoms with Crippen LogP contribution in [0, 0.1) is 5.92 Å². The van der Waals surface area contributed by atoms with Gasteiger partial charge in [-0.15, -0.1) is 0 Å². The number of rotatable bonds is 9. The van der Waals surface area contributed by atoms with E-state index in [1.165, 1.54) is 12.8 Å². The summed E-state index contributed by atoms with van der Waals surface area (Å²) in [6.45, 7) is 6.49. The van der Waals surface area contributed by atoms with Crippen molar-refractivity contribution in [2.45, 2.75) is 39.2 Å². The molecule has 4 heteroatoms. The molecule has 0 aromatic carbocycles. The Morgan fingerprint density at radius 3 is 2.75 bits per heavy atom. The maximum Gasteiger partial charge on any atom is 0.323 e. The Kier molecular flexibility index (Phi) is 6.42. The quantitative estimate of drug-likeness (QED) is 0.479. The minimum absolute atomic E-state index is 0.160. The fourth-order valence-electron chi connectivity index (χ4n) is 1.48. The molecule has 1 fully saturated rings. The van der Waals surface area contributed by atoms with Crippen LogP contribution in [0.1, 0.15) is 33.1 Å². The van der Waals surface area contributed by atoms with Gasteiger partial charge in [-0.3, -0.25) is 4.79 Å². The smallest absolute Gasteiger partial charge is 0.323 e. The van der Waals surface area contributed by atoms with E-state index >= 15 is 0 Å². The number of ether oxygens (including phenoxy) is 2. The Bertz CT molecular complexity index is 204. The molecule has 0 bridgehead atoms. The molecule has 0 saturated heterocycles. The van der Waals surface area contributed by atoms with Crippen LogP contribution in [0.4, 0.5) is 0 Å². The first kappa shape index (κ1) is 13.5. The van der Waals surface area contributed by atoms with Crippen LogP contribution in [0.5, 0.6) is 0 Å². The van der Waals surface area contributed by atoms with E-state index in [0.717, 1.165) is 18.9 Å². The van der Waals surface area contributed by atoms with Crippen molar-refractivity contribution in [2.75, 3.05) is 26.4 Å². The van der Waals surface area contributed by atoms with Crippen molar-refractivity contribution in [1.29, 1.82) is 0 Å². The van der Waals surface area contributed by atoms with E-state index in [2.05, 4.69) is 5.32 Å². The first-order chi connectivity index (χ1) is 7.77. The van der Waals surface area contributed by atoms with E-state index in [1.807, 2.05) is 13.8 Å². The molecule has 1 atom stereocenters. The summed E-state index contributed by atoms with van der Waals surface area (Å²) >= 11 is 0. The number of carbonyl (C=O) groups excluding carboxylic acids is 1. The minimum atomic E-state index is -0.190. The van der Waals surface area contributed by atoms with Gasteiger partial charge in [-0.25, -0.2) is 0 Å². The van der Waals surface area contributed by atoms with E-state index < -0.39 is 0 Å². The van der Waals surface area contributed by atoms with Crippen molar-refractivity contribution in [3.63, 3.8) is 0 Å². The van der Waals surface area contributed by atoms with Crippen molar-refractivity contribution in [2.24, 2.45) is 5.92 Å². The molecule has 0 spiro atoms. The fraction of sp³-hybridized carbons (Fsp3) is 0.917. The standard InChI is InChI=1S/C12H23NO3/c1-3-11(12(14)16-4-2)13-7-8-15-9-10-5-6-10/h10-11,13H,3-9H2,1-2H3. The molecular formula is C12H23NO3. The lowest BCUT2D eigenvalue weighted by atomic mass is 10.2. The minimum Gasteiger partial charge on any atom is -0.465 e. The molecule has 94 valence electrons. The summed E-state index contributed by atoms with van der Waals surface area (Å²) < 4.78 is 10.4. The average molecular weight is 229 g/mol. The Morgan fingerprint density at radius 1 is 1.44 bits per heavy atom. The third kappa shape index (κ3) is 5.47. The zero-order valence-corrected chi connectivity index (χ0v) is 10.3. The fourth-order valence-corrected chi connectivity index (χ4v) is 1.48. The summed E-state index contributed by atoms with van der Waals surface area (Å²) in [6, 6.07) is -0.190. The second-order valence-corrected chi connectivity index (χ2v) is 4.19. The normalized spacial score (nSPS) is 17.1. The summed E-state index contributed by atoms with van der Waals surface area (Å²) in [5.41, 5.74) is 0. The molecule has 1 rings (SSSR count). The molecule has 0 aromatic rings. The highest BCUT2D eigenvalue weighted by Crippen LogP contribution is 2.28. The SMILES string of the molecule is CCOC(=O)C(CC)NCCOCC1CC1. The van der Waals surface area contributed by atoms with E-state index in [0.29, 0.717) is 19.8 Å². The Labute approximate surface area is 97.7 Å². The monoisotopic (exact) mass is 229 g/mol. The van der Waals surface area contributed by atoms with Crippen molar-refractivity contribution in [3.05, 3.63) is 0 Å². The summed E-state index contributed by atoms with van der Waals surface area (Å²) in [4.78, 5) is 11.4. The summed E-state index contributed by atoms with van der Waals surface area (Å²) in [7, 11) is 0. The van der Waals surface area contributed by atoms with Gasteiger partial charge in [0.05, 0.1) is 13.2 Å². The highest BCUT2D eigenvalue weighted by molar-refractivity contribution is 5.75. The van der Waals surface area contributed by atoms with Crippen LogP contribution in [-0.4, -0.2) is 38.4 Å². The zero-order valence-electron chi connectivity index (χ0n) is 10.3. The Balaban J connectivity index is 2.00. The lowest BCUT2D eigenvalue weighted by molar-refractivity contribution is -0.145. The second kappa shape index (κ2) is 7.63. The largest absolute Gasteiger partial charge is 0.465 e. The maximum absolute atomic E-state index is 11.4. The van der Waals surface area contributed by atoms with Crippen LogP contribution in [0.3, 0.4) is 0 Å². The maximum atomic E-state index is 11.4. The molecule has 0 radical (unpaired) electrons. The summed E-state index contributed by atoms with van der Waals surface area (Å²) in [5, 5.41) is 3.15. The molecule has 1 aliphatic carbocycles. The topological polar surface area (TPSA) is 47.6 Å². The van der Waals surface area contributed by atoms with Crippen molar-refractivity contribution < 1.29 is 14.3 Å². The van der Waals surface area contributed by atoms with Crippen molar-refractivity contribution in [1.82, 2.24) is 5.32 Å². The first-order valence-electron chi connectivity index (χ1n) is 6.25. The van der Waals surface area contributed by atoms with E-state index in [4.69, 9.17) is 9.47 Å². The average Bonchev–Trinajstić information content (AvgIpc) is 3.07. The summed E-state index contributed by atoms with van der Waals surface area (Å²) in [5.74, 6) is 0.638. The number of esters is 1. The number of nitrogens with one attached hydrogen (secondary N) is 1. The molecular weight excluding hydrogens is 206 g/mol. The van der Waals surface area contributed by atoms with Crippen LogP contribution in [0.2, 0.25) is 0 Å². The predicted molar refractivity (Wildman–Crippen MR) is 62.3 cm³/mol. The van der Waals surface area contributed by atoms with Crippen LogP contribution in [0.25, 0.3) is 0 Å². The van der Waals surface area contributed by atoms with E-state index in [-0.39, 0.29) is 12.0 Å². The van der Waals surface area contributed by atoms with Gasteiger partial charge in [0.25, 0.3) is 0 Å².